The highest BCUT2D eigenvalue weighted by Gasteiger charge is 2.21. The van der Waals surface area contributed by atoms with Crippen LogP contribution in [-0.2, 0) is 0 Å². The molecule has 1 atom stereocenters. The predicted octanol–water partition coefficient (Wildman–Crippen LogP) is 2.34. The molecule has 0 aliphatic rings. The first-order chi connectivity index (χ1) is 12.1. The van der Waals surface area contributed by atoms with Gasteiger partial charge >= 0.3 is 0 Å². The molecule has 1 unspecified atom stereocenters. The van der Waals surface area contributed by atoms with Crippen molar-refractivity contribution in [2.45, 2.75) is 13.0 Å². The third kappa shape index (κ3) is 2.62. The van der Waals surface area contributed by atoms with Crippen molar-refractivity contribution >= 4 is 39.4 Å². The van der Waals surface area contributed by atoms with E-state index in [1.54, 1.807) is 29.1 Å². The zero-order valence-electron chi connectivity index (χ0n) is 13.0. The summed E-state index contributed by atoms with van der Waals surface area (Å²) in [5, 5.41) is 13.4. The van der Waals surface area contributed by atoms with Crippen molar-refractivity contribution < 1.29 is 4.39 Å². The van der Waals surface area contributed by atoms with Crippen LogP contribution in [0.5, 0.6) is 0 Å². The molecular formula is C15H12FIN8. The topological polar surface area (TPSA) is 100 Å². The lowest BCUT2D eigenvalue weighted by Gasteiger charge is -2.09. The van der Waals surface area contributed by atoms with E-state index in [2.05, 4.69) is 48.0 Å². The van der Waals surface area contributed by atoms with Gasteiger partial charge in [0.05, 0.1) is 17.6 Å². The highest BCUT2D eigenvalue weighted by molar-refractivity contribution is 14.1. The van der Waals surface area contributed by atoms with Gasteiger partial charge in [-0.3, -0.25) is 0 Å². The van der Waals surface area contributed by atoms with Gasteiger partial charge in [-0.25, -0.2) is 23.7 Å². The number of nitrogen functional groups attached to an aromatic ring is 1. The maximum Gasteiger partial charge on any atom is 0.165 e. The number of fused-ring (bicyclic) bond motifs is 1. The number of rotatable bonds is 3. The van der Waals surface area contributed by atoms with Crippen LogP contribution >= 0.6 is 22.6 Å². The number of nitrogens with zero attached hydrogens (tertiary/aromatic N) is 7. The van der Waals surface area contributed by atoms with Crippen molar-refractivity contribution in [1.29, 1.82) is 0 Å². The second-order valence-electron chi connectivity index (χ2n) is 5.41. The van der Waals surface area contributed by atoms with Crippen LogP contribution in [0.3, 0.4) is 0 Å². The van der Waals surface area contributed by atoms with Gasteiger partial charge in [0.15, 0.2) is 5.65 Å². The van der Waals surface area contributed by atoms with Crippen molar-refractivity contribution in [2.75, 3.05) is 5.73 Å². The van der Waals surface area contributed by atoms with Crippen LogP contribution in [0.1, 0.15) is 18.7 Å². The lowest BCUT2D eigenvalue weighted by Crippen LogP contribution is -2.10. The van der Waals surface area contributed by atoms with Crippen LogP contribution in [0, 0.1) is 9.52 Å². The quantitative estimate of drug-likeness (QED) is 0.481. The first kappa shape index (κ1) is 15.9. The fourth-order valence-corrected chi connectivity index (χ4v) is 3.32. The molecule has 3 aromatic heterocycles. The maximum absolute atomic E-state index is 13.9. The summed E-state index contributed by atoms with van der Waals surface area (Å²) < 4.78 is 17.8. The van der Waals surface area contributed by atoms with E-state index in [0.717, 1.165) is 0 Å². The molecule has 4 aromatic rings. The fraction of sp³-hybridized carbons (Fsp3) is 0.133. The van der Waals surface area contributed by atoms with Crippen molar-refractivity contribution in [1.82, 2.24) is 34.7 Å². The molecule has 0 saturated heterocycles. The molecule has 0 aliphatic carbocycles. The minimum atomic E-state index is -0.369. The SMILES string of the molecule is CC(c1cn(-c2ccccc2F)nn1)n1nc(I)c2c(N)ncnc21. The molecule has 0 aliphatic heterocycles. The van der Waals surface area contributed by atoms with Crippen LogP contribution in [0.15, 0.2) is 36.8 Å². The number of hydrogen-bond donors (Lipinski definition) is 1. The predicted molar refractivity (Wildman–Crippen MR) is 97.6 cm³/mol. The molecule has 25 heavy (non-hydrogen) atoms. The first-order valence-corrected chi connectivity index (χ1v) is 8.45. The van der Waals surface area contributed by atoms with Crippen molar-refractivity contribution in [3.05, 3.63) is 52.0 Å². The van der Waals surface area contributed by atoms with Gasteiger partial charge in [0, 0.05) is 0 Å². The van der Waals surface area contributed by atoms with E-state index in [1.807, 2.05) is 6.92 Å². The zero-order valence-corrected chi connectivity index (χ0v) is 15.2. The van der Waals surface area contributed by atoms with E-state index in [4.69, 9.17) is 5.73 Å². The number of halogens is 2. The number of nitrogens with two attached hydrogens (primary N) is 1. The van der Waals surface area contributed by atoms with Crippen molar-refractivity contribution in [3.8, 4) is 5.69 Å². The molecular weight excluding hydrogens is 438 g/mol. The standard InChI is InChI=1S/C15H12FIN8/c1-8(25-15-12(13(17)22-25)14(18)19-7-20-15)10-6-24(23-21-10)11-5-3-2-4-9(11)16/h2-8H,1H3,(H2,18,19,20). The number of aromatic nitrogens is 7. The Kier molecular flexibility index (Phi) is 3.82. The molecule has 3 heterocycles. The molecule has 8 nitrogen and oxygen atoms in total. The molecule has 0 fully saturated rings. The van der Waals surface area contributed by atoms with Crippen LogP contribution in [0.4, 0.5) is 10.2 Å². The molecule has 2 N–H and O–H groups in total. The van der Waals surface area contributed by atoms with E-state index >= 15 is 0 Å². The van der Waals surface area contributed by atoms with Gasteiger partial charge in [0.1, 0.15) is 33.0 Å². The lowest BCUT2D eigenvalue weighted by atomic mass is 10.2. The largest absolute Gasteiger partial charge is 0.383 e. The molecule has 0 amide bonds. The lowest BCUT2D eigenvalue weighted by molar-refractivity contribution is 0.560. The van der Waals surface area contributed by atoms with Crippen molar-refractivity contribution in [2.24, 2.45) is 0 Å². The fourth-order valence-electron chi connectivity index (χ4n) is 2.57. The Hall–Kier alpha value is -2.63. The molecule has 126 valence electrons. The highest BCUT2D eigenvalue weighted by Crippen LogP contribution is 2.27. The second kappa shape index (κ2) is 6.02. The van der Waals surface area contributed by atoms with Crippen LogP contribution < -0.4 is 5.73 Å². The molecule has 0 radical (unpaired) electrons. The Labute approximate surface area is 155 Å². The average molecular weight is 450 g/mol. The van der Waals surface area contributed by atoms with Gasteiger partial charge in [-0.05, 0) is 41.6 Å². The van der Waals surface area contributed by atoms with Gasteiger partial charge in [-0.2, -0.15) is 5.10 Å². The number of hydrogen-bond acceptors (Lipinski definition) is 6. The molecule has 4 rings (SSSR count). The summed E-state index contributed by atoms with van der Waals surface area (Å²) in [6.45, 7) is 1.91. The van der Waals surface area contributed by atoms with Crippen LogP contribution in [0.25, 0.3) is 16.7 Å². The summed E-state index contributed by atoms with van der Waals surface area (Å²) in [5.41, 5.74) is 7.50. The Morgan fingerprint density at radius 1 is 1.24 bits per heavy atom. The first-order valence-electron chi connectivity index (χ1n) is 7.37. The molecule has 10 heteroatoms. The van der Waals surface area contributed by atoms with E-state index in [9.17, 15) is 4.39 Å². The summed E-state index contributed by atoms with van der Waals surface area (Å²) >= 11 is 2.09. The third-order valence-electron chi connectivity index (χ3n) is 3.88. The summed E-state index contributed by atoms with van der Waals surface area (Å²) in [6.07, 6.45) is 3.07. The van der Waals surface area contributed by atoms with Gasteiger partial charge in [0.25, 0.3) is 0 Å². The average Bonchev–Trinajstić information content (AvgIpc) is 3.21. The third-order valence-corrected chi connectivity index (χ3v) is 4.64. The molecule has 0 saturated carbocycles. The highest BCUT2D eigenvalue weighted by atomic mass is 127. The minimum absolute atomic E-state index is 0.263. The summed E-state index contributed by atoms with van der Waals surface area (Å²) in [6, 6.07) is 6.12. The van der Waals surface area contributed by atoms with E-state index < -0.39 is 0 Å². The number of benzene rings is 1. The van der Waals surface area contributed by atoms with E-state index in [-0.39, 0.29) is 11.9 Å². The Balaban J connectivity index is 1.77. The minimum Gasteiger partial charge on any atom is -0.383 e. The van der Waals surface area contributed by atoms with Gasteiger partial charge < -0.3 is 5.73 Å². The normalized spacial score (nSPS) is 12.6. The van der Waals surface area contributed by atoms with Crippen molar-refractivity contribution in [3.63, 3.8) is 0 Å². The van der Waals surface area contributed by atoms with Crippen LogP contribution in [-0.4, -0.2) is 34.7 Å². The zero-order chi connectivity index (χ0) is 17.6. The molecule has 0 bridgehead atoms. The summed E-state index contributed by atoms with van der Waals surface area (Å²) in [7, 11) is 0. The van der Waals surface area contributed by atoms with Gasteiger partial charge in [-0.1, -0.05) is 17.3 Å². The summed E-state index contributed by atoms with van der Waals surface area (Å²) in [4.78, 5) is 8.28. The molecule has 1 aromatic carbocycles. The van der Waals surface area contributed by atoms with Crippen LogP contribution in [0.2, 0.25) is 0 Å². The van der Waals surface area contributed by atoms with Gasteiger partial charge in [0.2, 0.25) is 0 Å². The Morgan fingerprint density at radius 3 is 2.84 bits per heavy atom. The smallest absolute Gasteiger partial charge is 0.165 e. The Bertz CT molecular complexity index is 1070. The second-order valence-corrected chi connectivity index (χ2v) is 6.43. The van der Waals surface area contributed by atoms with Gasteiger partial charge in [-0.15, -0.1) is 5.10 Å². The monoisotopic (exact) mass is 450 g/mol. The van der Waals surface area contributed by atoms with E-state index in [1.165, 1.54) is 17.1 Å². The Morgan fingerprint density at radius 2 is 2.04 bits per heavy atom. The number of anilines is 1. The maximum atomic E-state index is 13.9. The molecule has 0 spiro atoms. The number of para-hydroxylation sites is 1. The van der Waals surface area contributed by atoms with E-state index in [0.29, 0.717) is 31.9 Å². The summed E-state index contributed by atoms with van der Waals surface area (Å²) in [5.74, 6) is 0.00839.